The monoisotopic (exact) mass is 431 g/mol. The van der Waals surface area contributed by atoms with Gasteiger partial charge in [0.05, 0.1) is 19.1 Å². The largest absolute Gasteiger partial charge is 0.494 e. The Morgan fingerprint density at radius 1 is 1.30 bits per heavy atom. The summed E-state index contributed by atoms with van der Waals surface area (Å²) in [6, 6.07) is 11.8. The lowest BCUT2D eigenvalue weighted by atomic mass is 10.1. The number of carbonyl (C=O) groups is 1. The van der Waals surface area contributed by atoms with E-state index in [9.17, 15) is 17.6 Å². The molecule has 7 nitrogen and oxygen atoms in total. The van der Waals surface area contributed by atoms with Crippen LogP contribution in [0.4, 0.5) is 10.1 Å². The summed E-state index contributed by atoms with van der Waals surface area (Å²) in [4.78, 5) is 13.8. The second-order valence-electron chi connectivity index (χ2n) is 6.08. The summed E-state index contributed by atoms with van der Waals surface area (Å²) in [6.07, 6.45) is 1.38. The number of halogens is 1. The molecule has 0 heterocycles. The zero-order valence-corrected chi connectivity index (χ0v) is 17.3. The molecule has 9 heteroatoms. The predicted octanol–water partition coefficient (Wildman–Crippen LogP) is 3.25. The Morgan fingerprint density at radius 3 is 2.60 bits per heavy atom. The summed E-state index contributed by atoms with van der Waals surface area (Å²) in [5.41, 5.74) is 0.472. The molecule has 0 aliphatic rings. The maximum atomic E-state index is 14.2. The fourth-order valence-electron chi connectivity index (χ4n) is 2.64. The van der Waals surface area contributed by atoms with E-state index < -0.39 is 26.6 Å². The molecule has 0 aliphatic carbocycles. The molecule has 158 valence electrons. The molecule has 0 bridgehead atoms. The van der Waals surface area contributed by atoms with Crippen LogP contribution in [0.1, 0.15) is 23.7 Å². The van der Waals surface area contributed by atoms with Gasteiger partial charge in [-0.3, -0.25) is 4.79 Å². The number of nitrogens with one attached hydrogen (secondary N) is 1. The Bertz CT molecular complexity index is 1050. The molecular formula is C21H22FN3O4S. The lowest BCUT2D eigenvalue weighted by Crippen LogP contribution is -2.32. The van der Waals surface area contributed by atoms with Gasteiger partial charge >= 0.3 is 0 Å². The van der Waals surface area contributed by atoms with Crippen LogP contribution in [0.25, 0.3) is 0 Å². The van der Waals surface area contributed by atoms with Gasteiger partial charge in [0.2, 0.25) is 10.0 Å². The van der Waals surface area contributed by atoms with E-state index in [0.717, 1.165) is 12.1 Å². The minimum Gasteiger partial charge on any atom is -0.494 e. The van der Waals surface area contributed by atoms with Crippen molar-refractivity contribution in [2.45, 2.75) is 18.2 Å². The lowest BCUT2D eigenvalue weighted by molar-refractivity contribution is 0.0987. The molecule has 1 amide bonds. The molecule has 0 fully saturated rings. The van der Waals surface area contributed by atoms with Crippen LogP contribution in [0, 0.1) is 17.1 Å². The van der Waals surface area contributed by atoms with Gasteiger partial charge in [-0.15, -0.1) is 6.58 Å². The number of sulfonamides is 1. The normalized spacial score (nSPS) is 10.8. The van der Waals surface area contributed by atoms with Crippen molar-refractivity contribution in [2.75, 3.05) is 24.6 Å². The van der Waals surface area contributed by atoms with Crippen molar-refractivity contribution in [3.05, 3.63) is 66.5 Å². The average Bonchev–Trinajstić information content (AvgIpc) is 2.74. The van der Waals surface area contributed by atoms with Gasteiger partial charge in [-0.1, -0.05) is 6.08 Å². The topological polar surface area (TPSA) is 99.5 Å². The third-order valence-electron chi connectivity index (χ3n) is 4.04. The van der Waals surface area contributed by atoms with Gasteiger partial charge in [0.1, 0.15) is 16.5 Å². The van der Waals surface area contributed by atoms with E-state index in [2.05, 4.69) is 11.3 Å². The SMILES string of the molecule is C=CCNS(=O)(=O)c1cc(C(=O)N(CCC#N)c2ccc(OCC)cc2)ccc1F. The quantitative estimate of drug-likeness (QED) is 0.582. The average molecular weight is 431 g/mol. The van der Waals surface area contributed by atoms with Crippen LogP contribution >= 0.6 is 0 Å². The number of anilines is 1. The second-order valence-corrected chi connectivity index (χ2v) is 7.81. The lowest BCUT2D eigenvalue weighted by Gasteiger charge is -2.22. The highest BCUT2D eigenvalue weighted by Crippen LogP contribution is 2.23. The summed E-state index contributed by atoms with van der Waals surface area (Å²) in [6.45, 7) is 5.75. The van der Waals surface area contributed by atoms with Crippen LogP contribution in [0.3, 0.4) is 0 Å². The van der Waals surface area contributed by atoms with E-state index in [1.807, 2.05) is 13.0 Å². The highest BCUT2D eigenvalue weighted by atomic mass is 32.2. The Morgan fingerprint density at radius 2 is 2.00 bits per heavy atom. The van der Waals surface area contributed by atoms with Gasteiger partial charge in [-0.25, -0.2) is 17.5 Å². The summed E-state index contributed by atoms with van der Waals surface area (Å²) < 4.78 is 46.4. The number of nitrogens with zero attached hydrogens (tertiary/aromatic N) is 2. The standard InChI is InChI=1S/C21H22FN3O4S/c1-3-13-24-30(27,28)20-15-16(6-11-19(20)22)21(26)25(14-5-12-23)17-7-9-18(10-8-17)29-4-2/h3,6-11,15,24H,1,4-5,13-14H2,2H3. The Balaban J connectivity index is 2.41. The Kier molecular flexibility index (Phi) is 8.09. The van der Waals surface area contributed by atoms with Gasteiger partial charge in [-0.05, 0) is 49.4 Å². The Labute approximate surface area is 175 Å². The van der Waals surface area contributed by atoms with Crippen LogP contribution < -0.4 is 14.4 Å². The van der Waals surface area contributed by atoms with Gasteiger partial charge < -0.3 is 9.64 Å². The van der Waals surface area contributed by atoms with Gasteiger partial charge in [0.15, 0.2) is 0 Å². The first kappa shape index (κ1) is 23.1. The number of amides is 1. The van der Waals surface area contributed by atoms with E-state index in [1.165, 1.54) is 17.0 Å². The highest BCUT2D eigenvalue weighted by molar-refractivity contribution is 7.89. The molecular weight excluding hydrogens is 409 g/mol. The molecule has 0 saturated heterocycles. The molecule has 2 aromatic rings. The molecule has 30 heavy (non-hydrogen) atoms. The summed E-state index contributed by atoms with van der Waals surface area (Å²) in [7, 11) is -4.16. The number of ether oxygens (including phenoxy) is 1. The first-order valence-corrected chi connectivity index (χ1v) is 10.6. The van der Waals surface area contributed by atoms with E-state index in [0.29, 0.717) is 18.0 Å². The van der Waals surface area contributed by atoms with E-state index in [-0.39, 0.29) is 25.1 Å². The first-order chi connectivity index (χ1) is 14.3. The molecule has 0 atom stereocenters. The van der Waals surface area contributed by atoms with Crippen molar-refractivity contribution in [1.29, 1.82) is 5.26 Å². The number of benzene rings is 2. The smallest absolute Gasteiger partial charge is 0.258 e. The zero-order chi connectivity index (χ0) is 22.1. The van der Waals surface area contributed by atoms with E-state index in [4.69, 9.17) is 10.00 Å². The van der Waals surface area contributed by atoms with E-state index in [1.54, 1.807) is 24.3 Å². The molecule has 0 spiro atoms. The Hall–Kier alpha value is -3.22. The van der Waals surface area contributed by atoms with E-state index >= 15 is 0 Å². The van der Waals surface area contributed by atoms with Crippen molar-refractivity contribution in [2.24, 2.45) is 0 Å². The number of nitriles is 1. The van der Waals surface area contributed by atoms with Crippen LogP contribution in [0.15, 0.2) is 60.0 Å². The van der Waals surface area contributed by atoms with Crippen LogP contribution in [0.2, 0.25) is 0 Å². The van der Waals surface area contributed by atoms with Crippen LogP contribution in [-0.4, -0.2) is 34.0 Å². The van der Waals surface area contributed by atoms with Crippen molar-refractivity contribution in [1.82, 2.24) is 4.72 Å². The van der Waals surface area contributed by atoms with Crippen molar-refractivity contribution in [3.63, 3.8) is 0 Å². The summed E-state index contributed by atoms with van der Waals surface area (Å²) in [5, 5.41) is 8.94. The first-order valence-electron chi connectivity index (χ1n) is 9.15. The summed E-state index contributed by atoms with van der Waals surface area (Å²) >= 11 is 0. The highest BCUT2D eigenvalue weighted by Gasteiger charge is 2.23. The fourth-order valence-corrected chi connectivity index (χ4v) is 3.74. The third kappa shape index (κ3) is 5.65. The predicted molar refractivity (Wildman–Crippen MR) is 111 cm³/mol. The zero-order valence-electron chi connectivity index (χ0n) is 16.5. The van der Waals surface area contributed by atoms with Gasteiger partial charge in [0.25, 0.3) is 5.91 Å². The van der Waals surface area contributed by atoms with Crippen molar-refractivity contribution >= 4 is 21.6 Å². The number of hydrogen-bond donors (Lipinski definition) is 1. The molecule has 0 aliphatic heterocycles. The molecule has 0 saturated carbocycles. The van der Waals surface area contributed by atoms with Gasteiger partial charge in [-0.2, -0.15) is 5.26 Å². The minimum atomic E-state index is -4.16. The maximum Gasteiger partial charge on any atom is 0.258 e. The molecule has 2 aromatic carbocycles. The molecule has 0 unspecified atom stereocenters. The van der Waals surface area contributed by atoms with Crippen molar-refractivity contribution < 1.29 is 22.3 Å². The fraction of sp³-hybridized carbons (Fsp3) is 0.238. The van der Waals surface area contributed by atoms with Crippen LogP contribution in [0.5, 0.6) is 5.75 Å². The van der Waals surface area contributed by atoms with Gasteiger partial charge in [0, 0.05) is 24.3 Å². The number of hydrogen-bond acceptors (Lipinski definition) is 5. The van der Waals surface area contributed by atoms with Crippen molar-refractivity contribution in [3.8, 4) is 11.8 Å². The van der Waals surface area contributed by atoms with Crippen LogP contribution in [-0.2, 0) is 10.0 Å². The molecule has 1 N–H and O–H groups in total. The molecule has 0 radical (unpaired) electrons. The third-order valence-corrected chi connectivity index (χ3v) is 5.48. The number of rotatable bonds is 10. The summed E-state index contributed by atoms with van der Waals surface area (Å²) in [5.74, 6) is -0.917. The minimum absolute atomic E-state index is 0.0257. The number of carbonyl (C=O) groups excluding carboxylic acids is 1. The second kappa shape index (κ2) is 10.5. The molecule has 2 rings (SSSR count). The maximum absolute atomic E-state index is 14.2. The molecule has 0 aromatic heterocycles.